The number of aryl methyl sites for hydroxylation is 1. The molecule has 0 spiro atoms. The molecule has 178 valence electrons. The van der Waals surface area contributed by atoms with Crippen LogP contribution >= 0.6 is 0 Å². The Hall–Kier alpha value is -3.04. The van der Waals surface area contributed by atoms with Gasteiger partial charge < -0.3 is 10.1 Å². The summed E-state index contributed by atoms with van der Waals surface area (Å²) in [5.74, 6) is -0.219. The van der Waals surface area contributed by atoms with Crippen molar-refractivity contribution in [2.75, 3.05) is 31.6 Å². The molecule has 8 heteroatoms. The number of carbonyl (C=O) groups is 1. The van der Waals surface area contributed by atoms with Gasteiger partial charge in [-0.15, -0.1) is 0 Å². The molecule has 7 nitrogen and oxygen atoms in total. The van der Waals surface area contributed by atoms with Gasteiger partial charge in [0, 0.05) is 25.3 Å². The number of sulfonamides is 1. The van der Waals surface area contributed by atoms with Crippen molar-refractivity contribution in [3.8, 4) is 0 Å². The summed E-state index contributed by atoms with van der Waals surface area (Å²) in [7, 11) is -3.67. The fraction of sp³-hybridized carbons (Fsp3) is 0.269. The third kappa shape index (κ3) is 5.71. The first kappa shape index (κ1) is 24.1. The van der Waals surface area contributed by atoms with Gasteiger partial charge in [0.25, 0.3) is 0 Å². The Morgan fingerprint density at radius 1 is 0.941 bits per heavy atom. The van der Waals surface area contributed by atoms with Crippen LogP contribution in [0.4, 0.5) is 5.69 Å². The summed E-state index contributed by atoms with van der Waals surface area (Å²) in [5, 5.41) is 6.24. The fourth-order valence-electron chi connectivity index (χ4n) is 3.90. The number of ether oxygens (including phenoxy) is 1. The number of nitrogens with zero attached hydrogens (tertiary/aromatic N) is 1. The van der Waals surface area contributed by atoms with Gasteiger partial charge in [0.05, 0.1) is 18.1 Å². The van der Waals surface area contributed by atoms with E-state index in [0.717, 1.165) is 11.1 Å². The van der Waals surface area contributed by atoms with E-state index < -0.39 is 16.1 Å². The lowest BCUT2D eigenvalue weighted by atomic mass is 10.1. The molecule has 1 saturated heterocycles. The molecule has 3 aromatic rings. The highest BCUT2D eigenvalue weighted by Crippen LogP contribution is 2.23. The van der Waals surface area contributed by atoms with Crippen LogP contribution in [0.5, 0.6) is 0 Å². The summed E-state index contributed by atoms with van der Waals surface area (Å²) in [6.07, 6.45) is 0. The van der Waals surface area contributed by atoms with Crippen molar-refractivity contribution >= 4 is 21.6 Å². The quantitative estimate of drug-likeness (QED) is 0.517. The maximum atomic E-state index is 13.3. The van der Waals surface area contributed by atoms with Gasteiger partial charge in [0.1, 0.15) is 6.04 Å². The number of amides is 1. The Morgan fingerprint density at radius 3 is 2.29 bits per heavy atom. The zero-order valence-electron chi connectivity index (χ0n) is 19.1. The molecular weight excluding hydrogens is 450 g/mol. The Balaban J connectivity index is 1.56. The minimum absolute atomic E-state index is 0.209. The topological polar surface area (TPSA) is 87.7 Å². The highest BCUT2D eigenvalue weighted by Gasteiger charge is 2.29. The van der Waals surface area contributed by atoms with Gasteiger partial charge in [-0.1, -0.05) is 66.2 Å². The number of hydrogen-bond acceptors (Lipinski definition) is 5. The van der Waals surface area contributed by atoms with Crippen LogP contribution in [0, 0.1) is 6.92 Å². The number of nitrogens with one attached hydrogen (secondary N) is 2. The summed E-state index contributed by atoms with van der Waals surface area (Å²) in [6, 6.07) is 23.2. The highest BCUT2D eigenvalue weighted by molar-refractivity contribution is 7.89. The van der Waals surface area contributed by atoms with Crippen molar-refractivity contribution in [1.29, 1.82) is 0 Å². The van der Waals surface area contributed by atoms with E-state index >= 15 is 0 Å². The maximum absolute atomic E-state index is 13.3. The van der Waals surface area contributed by atoms with E-state index in [4.69, 9.17) is 4.74 Å². The van der Waals surface area contributed by atoms with Crippen LogP contribution < -0.4 is 10.6 Å². The lowest BCUT2D eigenvalue weighted by Crippen LogP contribution is -2.41. The van der Waals surface area contributed by atoms with Crippen LogP contribution in [0.25, 0.3) is 0 Å². The molecule has 4 rings (SSSR count). The molecule has 1 aliphatic heterocycles. The van der Waals surface area contributed by atoms with Crippen molar-refractivity contribution in [3.05, 3.63) is 95.6 Å². The second-order valence-corrected chi connectivity index (χ2v) is 10.1. The normalized spacial score (nSPS) is 15.6. The van der Waals surface area contributed by atoms with E-state index in [-0.39, 0.29) is 17.3 Å². The first-order valence-corrected chi connectivity index (χ1v) is 12.7. The Labute approximate surface area is 200 Å². The first-order chi connectivity index (χ1) is 16.4. The van der Waals surface area contributed by atoms with Crippen molar-refractivity contribution in [3.63, 3.8) is 0 Å². The largest absolute Gasteiger partial charge is 0.379 e. The van der Waals surface area contributed by atoms with Gasteiger partial charge in [-0.25, -0.2) is 8.42 Å². The molecular formula is C26H29N3O4S. The number of morpholine rings is 1. The Bertz CT molecular complexity index is 1210. The molecule has 0 unspecified atom stereocenters. The third-order valence-corrected chi connectivity index (χ3v) is 7.77. The second kappa shape index (κ2) is 10.9. The van der Waals surface area contributed by atoms with E-state index in [2.05, 4.69) is 10.6 Å². The molecule has 0 bridgehead atoms. The van der Waals surface area contributed by atoms with E-state index in [0.29, 0.717) is 37.6 Å². The minimum Gasteiger partial charge on any atom is -0.379 e. The predicted molar refractivity (Wildman–Crippen MR) is 132 cm³/mol. The molecule has 2 N–H and O–H groups in total. The van der Waals surface area contributed by atoms with Crippen molar-refractivity contribution in [2.45, 2.75) is 24.4 Å². The molecule has 3 aromatic carbocycles. The third-order valence-electron chi connectivity index (χ3n) is 5.77. The predicted octanol–water partition coefficient (Wildman–Crippen LogP) is 3.49. The van der Waals surface area contributed by atoms with Gasteiger partial charge in [-0.05, 0) is 36.2 Å². The molecule has 1 amide bonds. The van der Waals surface area contributed by atoms with E-state index in [1.54, 1.807) is 24.3 Å². The van der Waals surface area contributed by atoms with E-state index in [1.807, 2.05) is 61.5 Å². The standard InChI is InChI=1S/C26H29N3O4S/c1-20-11-13-23(14-12-20)28-26(30)25(21-7-3-2-4-8-21)27-19-22-9-5-6-10-24(22)34(31,32)29-15-17-33-18-16-29/h2-14,25,27H,15-19H2,1H3,(H,28,30)/t25-/m1/s1. The maximum Gasteiger partial charge on any atom is 0.246 e. The van der Waals surface area contributed by atoms with Gasteiger partial charge in [-0.3, -0.25) is 10.1 Å². The summed E-state index contributed by atoms with van der Waals surface area (Å²) in [6.45, 7) is 3.62. The minimum atomic E-state index is -3.67. The van der Waals surface area contributed by atoms with Gasteiger partial charge in [-0.2, -0.15) is 4.31 Å². The van der Waals surface area contributed by atoms with Gasteiger partial charge in [0.15, 0.2) is 0 Å². The van der Waals surface area contributed by atoms with Crippen LogP contribution in [0.1, 0.15) is 22.7 Å². The van der Waals surface area contributed by atoms with Gasteiger partial charge in [0.2, 0.25) is 15.9 Å². The highest BCUT2D eigenvalue weighted by atomic mass is 32.2. The monoisotopic (exact) mass is 479 g/mol. The fourth-order valence-corrected chi connectivity index (χ4v) is 5.53. The molecule has 0 aliphatic carbocycles. The van der Waals surface area contributed by atoms with Crippen LogP contribution in [-0.2, 0) is 26.1 Å². The summed E-state index contributed by atoms with van der Waals surface area (Å²) in [5.41, 5.74) is 3.21. The SMILES string of the molecule is Cc1ccc(NC(=O)[C@H](NCc2ccccc2S(=O)(=O)N2CCOCC2)c2ccccc2)cc1. The average molecular weight is 480 g/mol. The number of benzene rings is 3. The summed E-state index contributed by atoms with van der Waals surface area (Å²) in [4.78, 5) is 13.5. The molecule has 1 fully saturated rings. The van der Waals surface area contributed by atoms with Crippen LogP contribution in [0.3, 0.4) is 0 Å². The lowest BCUT2D eigenvalue weighted by Gasteiger charge is -2.27. The molecule has 1 heterocycles. The zero-order valence-corrected chi connectivity index (χ0v) is 19.9. The number of carbonyl (C=O) groups excluding carboxylic acids is 1. The molecule has 0 saturated carbocycles. The van der Waals surface area contributed by atoms with Crippen LogP contribution in [0.2, 0.25) is 0 Å². The molecule has 0 radical (unpaired) electrons. The van der Waals surface area contributed by atoms with Gasteiger partial charge >= 0.3 is 0 Å². The first-order valence-electron chi connectivity index (χ1n) is 11.3. The van der Waals surface area contributed by atoms with Crippen LogP contribution in [-0.4, -0.2) is 44.9 Å². The van der Waals surface area contributed by atoms with Crippen molar-refractivity contribution in [2.24, 2.45) is 0 Å². The summed E-state index contributed by atoms with van der Waals surface area (Å²) >= 11 is 0. The second-order valence-electron chi connectivity index (χ2n) is 8.20. The van der Waals surface area contributed by atoms with E-state index in [1.165, 1.54) is 4.31 Å². The lowest BCUT2D eigenvalue weighted by molar-refractivity contribution is -0.118. The zero-order chi connectivity index (χ0) is 24.0. The van der Waals surface area contributed by atoms with Crippen molar-refractivity contribution in [1.82, 2.24) is 9.62 Å². The number of rotatable bonds is 8. The van der Waals surface area contributed by atoms with Crippen molar-refractivity contribution < 1.29 is 17.9 Å². The Morgan fingerprint density at radius 2 is 1.59 bits per heavy atom. The molecule has 1 aliphatic rings. The van der Waals surface area contributed by atoms with Crippen LogP contribution in [0.15, 0.2) is 83.8 Å². The number of anilines is 1. The Kier molecular flexibility index (Phi) is 7.74. The molecule has 0 aromatic heterocycles. The number of hydrogen-bond donors (Lipinski definition) is 2. The molecule has 1 atom stereocenters. The summed E-state index contributed by atoms with van der Waals surface area (Å²) < 4.78 is 33.3. The average Bonchev–Trinajstić information content (AvgIpc) is 2.87. The molecule has 34 heavy (non-hydrogen) atoms. The van der Waals surface area contributed by atoms with E-state index in [9.17, 15) is 13.2 Å². The smallest absolute Gasteiger partial charge is 0.246 e.